The van der Waals surface area contributed by atoms with Gasteiger partial charge in [-0.05, 0) is 24.6 Å². The lowest BCUT2D eigenvalue weighted by atomic mass is 10.1. The molecule has 0 aliphatic carbocycles. The van der Waals surface area contributed by atoms with Gasteiger partial charge in [0, 0.05) is 16.6 Å². The molecule has 0 radical (unpaired) electrons. The molecule has 0 atom stereocenters. The van der Waals surface area contributed by atoms with Gasteiger partial charge in [-0.3, -0.25) is 0 Å². The second-order valence-corrected chi connectivity index (χ2v) is 3.33. The smallest absolute Gasteiger partial charge is 0.0572 e. The maximum absolute atomic E-state index is 5.88. The molecule has 0 unspecified atom stereocenters. The van der Waals surface area contributed by atoms with Crippen molar-refractivity contribution in [1.82, 2.24) is 4.98 Å². The van der Waals surface area contributed by atoms with Crippen LogP contribution in [0.1, 0.15) is 5.56 Å². The number of nitrogens with one attached hydrogen (secondary N) is 1. The Bertz CT molecular complexity index is 431. The number of benzene rings is 1. The molecule has 62 valence electrons. The summed E-state index contributed by atoms with van der Waals surface area (Å²) < 4.78 is 0. The number of halogens is 1. The van der Waals surface area contributed by atoms with Crippen LogP contribution in [0.15, 0.2) is 18.3 Å². The van der Waals surface area contributed by atoms with E-state index >= 15 is 0 Å². The third-order valence-electron chi connectivity index (χ3n) is 1.98. The van der Waals surface area contributed by atoms with Gasteiger partial charge >= 0.3 is 0 Å². The van der Waals surface area contributed by atoms with Crippen LogP contribution in [0.4, 0.5) is 5.69 Å². The lowest BCUT2D eigenvalue weighted by Gasteiger charge is -1.97. The van der Waals surface area contributed by atoms with Gasteiger partial charge in [0.1, 0.15) is 0 Å². The molecule has 2 aromatic rings. The van der Waals surface area contributed by atoms with Crippen molar-refractivity contribution in [2.24, 2.45) is 0 Å². The van der Waals surface area contributed by atoms with Crippen LogP contribution in [-0.2, 0) is 0 Å². The van der Waals surface area contributed by atoms with Crippen LogP contribution in [-0.4, -0.2) is 4.98 Å². The fraction of sp³-hybridized carbons (Fsp3) is 0.111. The van der Waals surface area contributed by atoms with Gasteiger partial charge in [-0.15, -0.1) is 0 Å². The fourth-order valence-corrected chi connectivity index (χ4v) is 1.66. The predicted octanol–water partition coefficient (Wildman–Crippen LogP) is 2.71. The Hall–Kier alpha value is -1.15. The lowest BCUT2D eigenvalue weighted by molar-refractivity contribution is 1.42. The number of hydrogen-bond donors (Lipinski definition) is 2. The van der Waals surface area contributed by atoms with E-state index in [-0.39, 0.29) is 0 Å². The first kappa shape index (κ1) is 7.50. The number of nitrogens with two attached hydrogens (primary N) is 1. The summed E-state index contributed by atoms with van der Waals surface area (Å²) in [7, 11) is 0. The maximum Gasteiger partial charge on any atom is 0.0572 e. The molecule has 0 fully saturated rings. The van der Waals surface area contributed by atoms with E-state index in [1.54, 1.807) is 6.20 Å². The highest BCUT2D eigenvalue weighted by Crippen LogP contribution is 2.26. The van der Waals surface area contributed by atoms with E-state index in [9.17, 15) is 0 Å². The first-order chi connectivity index (χ1) is 5.68. The Balaban J connectivity index is 2.92. The third kappa shape index (κ3) is 0.959. The normalized spacial score (nSPS) is 10.8. The van der Waals surface area contributed by atoms with Gasteiger partial charge in [-0.25, -0.2) is 0 Å². The molecular formula is C9H9ClN2. The maximum atomic E-state index is 5.88. The summed E-state index contributed by atoms with van der Waals surface area (Å²) in [5.41, 5.74) is 8.66. The Morgan fingerprint density at radius 2 is 2.17 bits per heavy atom. The van der Waals surface area contributed by atoms with Crippen LogP contribution in [0.5, 0.6) is 0 Å². The highest BCUT2D eigenvalue weighted by Gasteiger charge is 2.03. The molecule has 0 aliphatic heterocycles. The van der Waals surface area contributed by atoms with E-state index in [0.717, 1.165) is 27.2 Å². The second kappa shape index (κ2) is 2.42. The Morgan fingerprint density at radius 3 is 2.92 bits per heavy atom. The van der Waals surface area contributed by atoms with E-state index in [4.69, 9.17) is 17.3 Å². The molecule has 3 heteroatoms. The minimum Gasteiger partial charge on any atom is -0.397 e. The fourth-order valence-electron chi connectivity index (χ4n) is 1.39. The first-order valence-corrected chi connectivity index (χ1v) is 4.09. The molecule has 0 aliphatic rings. The van der Waals surface area contributed by atoms with Crippen LogP contribution >= 0.6 is 11.6 Å². The number of anilines is 1. The van der Waals surface area contributed by atoms with E-state index in [1.165, 1.54) is 0 Å². The number of aryl methyl sites for hydroxylation is 1. The molecule has 0 saturated carbocycles. The molecule has 0 bridgehead atoms. The number of aromatic nitrogens is 1. The van der Waals surface area contributed by atoms with Crippen molar-refractivity contribution in [2.45, 2.75) is 6.92 Å². The van der Waals surface area contributed by atoms with Gasteiger partial charge < -0.3 is 10.7 Å². The molecule has 1 heterocycles. The van der Waals surface area contributed by atoms with Crippen molar-refractivity contribution in [1.29, 1.82) is 0 Å². The molecule has 0 amide bonds. The van der Waals surface area contributed by atoms with Gasteiger partial charge in [0.2, 0.25) is 0 Å². The first-order valence-electron chi connectivity index (χ1n) is 3.71. The zero-order valence-corrected chi connectivity index (χ0v) is 7.44. The van der Waals surface area contributed by atoms with Gasteiger partial charge in [-0.1, -0.05) is 11.6 Å². The van der Waals surface area contributed by atoms with Crippen molar-refractivity contribution in [3.8, 4) is 0 Å². The van der Waals surface area contributed by atoms with Crippen molar-refractivity contribution in [3.63, 3.8) is 0 Å². The summed E-state index contributed by atoms with van der Waals surface area (Å²) in [6, 6.07) is 3.79. The summed E-state index contributed by atoms with van der Waals surface area (Å²) in [5.74, 6) is 0. The predicted molar refractivity (Wildman–Crippen MR) is 52.5 cm³/mol. The molecule has 2 rings (SSSR count). The molecule has 1 aromatic carbocycles. The molecule has 1 aromatic heterocycles. The quantitative estimate of drug-likeness (QED) is 0.643. The standard InChI is InChI=1S/C9H9ClN2/c1-5-2-6(10)3-7-8(11)4-12-9(5)7/h2-4,12H,11H2,1H3. The van der Waals surface area contributed by atoms with Gasteiger partial charge in [-0.2, -0.15) is 0 Å². The minimum absolute atomic E-state index is 0.728. The van der Waals surface area contributed by atoms with E-state index < -0.39 is 0 Å². The van der Waals surface area contributed by atoms with Crippen LogP contribution in [0, 0.1) is 6.92 Å². The van der Waals surface area contributed by atoms with Crippen molar-refractivity contribution >= 4 is 28.2 Å². The van der Waals surface area contributed by atoms with Crippen LogP contribution in [0.2, 0.25) is 5.02 Å². The summed E-state index contributed by atoms with van der Waals surface area (Å²) in [6.45, 7) is 2.00. The van der Waals surface area contributed by atoms with Gasteiger partial charge in [0.05, 0.1) is 11.2 Å². The monoisotopic (exact) mass is 180 g/mol. The van der Waals surface area contributed by atoms with Crippen molar-refractivity contribution in [2.75, 3.05) is 5.73 Å². The van der Waals surface area contributed by atoms with Crippen LogP contribution in [0.25, 0.3) is 10.9 Å². The molecular weight excluding hydrogens is 172 g/mol. The zero-order valence-electron chi connectivity index (χ0n) is 6.69. The number of rotatable bonds is 0. The minimum atomic E-state index is 0.728. The van der Waals surface area contributed by atoms with Crippen molar-refractivity contribution < 1.29 is 0 Å². The average Bonchev–Trinajstić information content (AvgIpc) is 2.33. The Kier molecular flexibility index (Phi) is 1.51. The number of aromatic amines is 1. The van der Waals surface area contributed by atoms with E-state index in [0.29, 0.717) is 0 Å². The molecule has 2 nitrogen and oxygen atoms in total. The van der Waals surface area contributed by atoms with E-state index in [2.05, 4.69) is 4.98 Å². The molecule has 3 N–H and O–H groups in total. The topological polar surface area (TPSA) is 41.8 Å². The zero-order chi connectivity index (χ0) is 8.72. The lowest BCUT2D eigenvalue weighted by Crippen LogP contribution is -1.81. The summed E-state index contributed by atoms with van der Waals surface area (Å²) >= 11 is 5.88. The summed E-state index contributed by atoms with van der Waals surface area (Å²) in [4.78, 5) is 3.10. The number of fused-ring (bicyclic) bond motifs is 1. The van der Waals surface area contributed by atoms with Crippen molar-refractivity contribution in [3.05, 3.63) is 28.9 Å². The Morgan fingerprint density at radius 1 is 1.42 bits per heavy atom. The summed E-state index contributed by atoms with van der Waals surface area (Å²) in [5, 5.41) is 1.73. The highest BCUT2D eigenvalue weighted by molar-refractivity contribution is 6.31. The second-order valence-electron chi connectivity index (χ2n) is 2.89. The van der Waals surface area contributed by atoms with E-state index in [1.807, 2.05) is 19.1 Å². The highest BCUT2D eigenvalue weighted by atomic mass is 35.5. The van der Waals surface area contributed by atoms with Crippen LogP contribution in [0.3, 0.4) is 0 Å². The summed E-state index contributed by atoms with van der Waals surface area (Å²) in [6.07, 6.45) is 1.79. The van der Waals surface area contributed by atoms with Crippen LogP contribution < -0.4 is 5.73 Å². The van der Waals surface area contributed by atoms with Gasteiger partial charge in [0.15, 0.2) is 0 Å². The molecule has 0 saturated heterocycles. The largest absolute Gasteiger partial charge is 0.397 e. The number of hydrogen-bond acceptors (Lipinski definition) is 1. The Labute approximate surface area is 75.3 Å². The SMILES string of the molecule is Cc1cc(Cl)cc2c(N)c[nH]c12. The molecule has 0 spiro atoms. The average molecular weight is 181 g/mol. The number of nitrogen functional groups attached to an aromatic ring is 1. The number of H-pyrrole nitrogens is 1. The molecule has 12 heavy (non-hydrogen) atoms. The third-order valence-corrected chi connectivity index (χ3v) is 2.20. The van der Waals surface area contributed by atoms with Gasteiger partial charge in [0.25, 0.3) is 0 Å².